The predicted octanol–water partition coefficient (Wildman–Crippen LogP) is 3.63. The highest BCUT2D eigenvalue weighted by molar-refractivity contribution is 9.11. The van der Waals surface area contributed by atoms with Crippen molar-refractivity contribution in [1.29, 1.82) is 0 Å². The van der Waals surface area contributed by atoms with Crippen molar-refractivity contribution in [1.82, 2.24) is 4.72 Å². The van der Waals surface area contributed by atoms with Crippen molar-refractivity contribution in [3.8, 4) is 0 Å². The van der Waals surface area contributed by atoms with Gasteiger partial charge in [-0.25, -0.2) is 13.1 Å². The maximum atomic E-state index is 12.2. The largest absolute Gasteiger partial charge is 0.241 e. The van der Waals surface area contributed by atoms with E-state index in [-0.39, 0.29) is 9.64 Å². The van der Waals surface area contributed by atoms with E-state index in [0.29, 0.717) is 11.0 Å². The Labute approximate surface area is 129 Å². The van der Waals surface area contributed by atoms with E-state index in [4.69, 9.17) is 0 Å². The van der Waals surface area contributed by atoms with E-state index in [9.17, 15) is 8.42 Å². The summed E-state index contributed by atoms with van der Waals surface area (Å²) in [6, 6.07) is 5.00. The second-order valence-electron chi connectivity index (χ2n) is 4.36. The Morgan fingerprint density at radius 3 is 2.44 bits per heavy atom. The maximum absolute atomic E-state index is 12.2. The van der Waals surface area contributed by atoms with Gasteiger partial charge < -0.3 is 0 Å². The molecule has 0 unspecified atom stereocenters. The molecule has 3 nitrogen and oxygen atoms in total. The van der Waals surface area contributed by atoms with Gasteiger partial charge in [0.2, 0.25) is 10.0 Å². The molecule has 0 spiro atoms. The second kappa shape index (κ2) is 6.26. The van der Waals surface area contributed by atoms with Gasteiger partial charge in [0.05, 0.1) is 4.90 Å². The quantitative estimate of drug-likeness (QED) is 0.796. The molecule has 0 saturated heterocycles. The SMILES string of the molecule is CSC(C)(C)CNS(=O)(=O)c1ccc(Br)cc1Br. The third kappa shape index (κ3) is 4.52. The van der Waals surface area contributed by atoms with Crippen LogP contribution in [0.2, 0.25) is 0 Å². The van der Waals surface area contributed by atoms with E-state index in [0.717, 1.165) is 4.47 Å². The van der Waals surface area contributed by atoms with Gasteiger partial charge in [-0.05, 0) is 54.2 Å². The molecule has 0 bridgehead atoms. The monoisotopic (exact) mass is 415 g/mol. The van der Waals surface area contributed by atoms with E-state index in [2.05, 4.69) is 36.6 Å². The molecular weight excluding hydrogens is 402 g/mol. The highest BCUT2D eigenvalue weighted by atomic mass is 79.9. The molecule has 0 fully saturated rings. The first-order valence-corrected chi connectivity index (χ1v) is 9.47. The minimum Gasteiger partial charge on any atom is -0.210 e. The third-order valence-corrected chi connectivity index (χ3v) is 6.54. The fraction of sp³-hybridized carbons (Fsp3) is 0.455. The van der Waals surface area contributed by atoms with Gasteiger partial charge in [-0.2, -0.15) is 11.8 Å². The summed E-state index contributed by atoms with van der Waals surface area (Å²) in [6.45, 7) is 4.38. The summed E-state index contributed by atoms with van der Waals surface area (Å²) < 4.78 is 28.2. The number of hydrogen-bond acceptors (Lipinski definition) is 3. The van der Waals surface area contributed by atoms with Gasteiger partial charge in [0, 0.05) is 20.2 Å². The van der Waals surface area contributed by atoms with Crippen molar-refractivity contribution in [3.05, 3.63) is 27.1 Å². The molecule has 0 radical (unpaired) electrons. The number of thioether (sulfide) groups is 1. The Morgan fingerprint density at radius 2 is 1.94 bits per heavy atom. The van der Waals surface area contributed by atoms with Crippen molar-refractivity contribution in [2.75, 3.05) is 12.8 Å². The minimum absolute atomic E-state index is 0.130. The molecule has 0 aliphatic rings. The molecule has 1 N–H and O–H groups in total. The van der Waals surface area contributed by atoms with Crippen LogP contribution < -0.4 is 4.72 Å². The highest BCUT2D eigenvalue weighted by Gasteiger charge is 2.22. The van der Waals surface area contributed by atoms with Crippen molar-refractivity contribution in [2.24, 2.45) is 0 Å². The van der Waals surface area contributed by atoms with E-state index in [1.165, 1.54) is 0 Å². The van der Waals surface area contributed by atoms with Crippen LogP contribution in [0.5, 0.6) is 0 Å². The molecular formula is C11H15Br2NO2S2. The van der Waals surface area contributed by atoms with Gasteiger partial charge in [0.25, 0.3) is 0 Å². The number of benzene rings is 1. The molecule has 1 aromatic rings. The fourth-order valence-corrected chi connectivity index (χ4v) is 4.38. The zero-order valence-corrected chi connectivity index (χ0v) is 15.1. The first-order valence-electron chi connectivity index (χ1n) is 5.18. The fourth-order valence-electron chi connectivity index (χ4n) is 1.11. The Bertz CT molecular complexity index is 530. The molecule has 0 aliphatic carbocycles. The van der Waals surface area contributed by atoms with Crippen molar-refractivity contribution in [3.63, 3.8) is 0 Å². The van der Waals surface area contributed by atoms with E-state index < -0.39 is 10.0 Å². The smallest absolute Gasteiger partial charge is 0.210 e. The lowest BCUT2D eigenvalue weighted by Gasteiger charge is -2.22. The zero-order chi connectivity index (χ0) is 14.0. The van der Waals surface area contributed by atoms with Crippen LogP contribution in [0.15, 0.2) is 32.0 Å². The zero-order valence-electron chi connectivity index (χ0n) is 10.3. The first kappa shape index (κ1) is 16.5. The van der Waals surface area contributed by atoms with Crippen molar-refractivity contribution in [2.45, 2.75) is 23.5 Å². The molecule has 0 heterocycles. The first-order chi connectivity index (χ1) is 8.18. The van der Waals surface area contributed by atoms with E-state index in [1.54, 1.807) is 30.0 Å². The van der Waals surface area contributed by atoms with Crippen LogP contribution in [0, 0.1) is 0 Å². The normalized spacial score (nSPS) is 12.7. The average molecular weight is 417 g/mol. The van der Waals surface area contributed by atoms with Gasteiger partial charge in [-0.1, -0.05) is 15.9 Å². The molecule has 18 heavy (non-hydrogen) atoms. The number of sulfonamides is 1. The molecule has 1 aromatic carbocycles. The predicted molar refractivity (Wildman–Crippen MR) is 84.6 cm³/mol. The summed E-state index contributed by atoms with van der Waals surface area (Å²) >= 11 is 8.19. The molecule has 0 amide bonds. The van der Waals surface area contributed by atoms with Gasteiger partial charge in [0.15, 0.2) is 0 Å². The van der Waals surface area contributed by atoms with Crippen molar-refractivity contribution < 1.29 is 8.42 Å². The number of nitrogens with one attached hydrogen (secondary N) is 1. The van der Waals surface area contributed by atoms with Crippen LogP contribution in [0.4, 0.5) is 0 Å². The van der Waals surface area contributed by atoms with Gasteiger partial charge >= 0.3 is 0 Å². The molecule has 7 heteroatoms. The van der Waals surface area contributed by atoms with Crippen LogP contribution in [0.25, 0.3) is 0 Å². The average Bonchev–Trinajstić information content (AvgIpc) is 2.26. The lowest BCUT2D eigenvalue weighted by Crippen LogP contribution is -2.36. The minimum atomic E-state index is -3.48. The van der Waals surface area contributed by atoms with Crippen LogP contribution >= 0.6 is 43.6 Å². The second-order valence-corrected chi connectivity index (χ2v) is 9.38. The lowest BCUT2D eigenvalue weighted by molar-refractivity contribution is 0.570. The molecule has 0 atom stereocenters. The van der Waals surface area contributed by atoms with Crippen LogP contribution in [0.3, 0.4) is 0 Å². The summed E-state index contributed by atoms with van der Waals surface area (Å²) in [5.74, 6) is 0. The lowest BCUT2D eigenvalue weighted by atomic mass is 10.2. The Balaban J connectivity index is 2.94. The van der Waals surface area contributed by atoms with Crippen molar-refractivity contribution >= 4 is 53.6 Å². The molecule has 1 rings (SSSR count). The Morgan fingerprint density at radius 1 is 1.33 bits per heavy atom. The summed E-state index contributed by atoms with van der Waals surface area (Å²) in [6.07, 6.45) is 1.96. The number of rotatable bonds is 5. The standard InChI is InChI=1S/C11H15Br2NO2S2/c1-11(2,17-3)7-14-18(15,16)10-5-4-8(12)6-9(10)13/h4-6,14H,7H2,1-3H3. The highest BCUT2D eigenvalue weighted by Crippen LogP contribution is 2.26. The van der Waals surface area contributed by atoms with Gasteiger partial charge in [-0.15, -0.1) is 0 Å². The van der Waals surface area contributed by atoms with Crippen LogP contribution in [-0.4, -0.2) is 26.0 Å². The van der Waals surface area contributed by atoms with Crippen LogP contribution in [-0.2, 0) is 10.0 Å². The molecule has 0 saturated carbocycles. The summed E-state index contributed by atoms with van der Waals surface area (Å²) in [7, 11) is -3.48. The number of hydrogen-bond donors (Lipinski definition) is 1. The Kier molecular flexibility index (Phi) is 5.74. The van der Waals surface area contributed by atoms with E-state index >= 15 is 0 Å². The summed E-state index contributed by atoms with van der Waals surface area (Å²) in [5, 5.41) is 0. The summed E-state index contributed by atoms with van der Waals surface area (Å²) in [5.41, 5.74) is 0. The maximum Gasteiger partial charge on any atom is 0.241 e. The van der Waals surface area contributed by atoms with E-state index in [1.807, 2.05) is 20.1 Å². The topological polar surface area (TPSA) is 46.2 Å². The summed E-state index contributed by atoms with van der Waals surface area (Å²) in [4.78, 5) is 0.252. The molecule has 0 aromatic heterocycles. The number of halogens is 2. The van der Waals surface area contributed by atoms with Gasteiger partial charge in [-0.3, -0.25) is 0 Å². The molecule has 0 aliphatic heterocycles. The van der Waals surface area contributed by atoms with Crippen LogP contribution in [0.1, 0.15) is 13.8 Å². The third-order valence-electron chi connectivity index (χ3n) is 2.42. The van der Waals surface area contributed by atoms with Gasteiger partial charge in [0.1, 0.15) is 0 Å². The molecule has 102 valence electrons. The Hall–Kier alpha value is 0.440.